The van der Waals surface area contributed by atoms with Crippen molar-refractivity contribution in [2.24, 2.45) is 5.73 Å². The number of aryl methyl sites for hydroxylation is 1. The molecule has 8 heteroatoms. The molecule has 34 heavy (non-hydrogen) atoms. The highest BCUT2D eigenvalue weighted by Gasteiger charge is 2.16. The molecule has 0 aliphatic carbocycles. The number of nitrogens with one attached hydrogen (secondary N) is 1. The van der Waals surface area contributed by atoms with Crippen molar-refractivity contribution in [3.05, 3.63) is 96.1 Å². The lowest BCUT2D eigenvalue weighted by Gasteiger charge is -2.12. The number of nitrogens with zero attached hydrogens (tertiary/aromatic N) is 5. The molecular weight excluding hydrogens is 426 g/mol. The summed E-state index contributed by atoms with van der Waals surface area (Å²) in [5, 5.41) is 14.6. The number of tetrazole rings is 1. The van der Waals surface area contributed by atoms with Crippen LogP contribution in [-0.2, 0) is 13.0 Å². The molecule has 5 rings (SSSR count). The van der Waals surface area contributed by atoms with E-state index in [1.807, 2.05) is 43.3 Å². The second-order valence-electron chi connectivity index (χ2n) is 7.94. The highest BCUT2D eigenvalue weighted by Crippen LogP contribution is 2.34. The number of hydrogen-bond acceptors (Lipinski definition) is 5. The standard InChI is InChI=1S/C26H23N7O/c1-2-23-24(25(27)34)33(16-28-23)15-17-8-10-19(11-9-17)22-14-20(18-6-4-3-5-7-18)12-13-21(22)26-29-31-32-30-26/h3-14,16H,2,15H2,1H3,(H2,27,34)(H,29,30,31,32). The summed E-state index contributed by atoms with van der Waals surface area (Å²) in [7, 11) is 0. The van der Waals surface area contributed by atoms with Crippen LogP contribution in [0.5, 0.6) is 0 Å². The largest absolute Gasteiger partial charge is 0.364 e. The highest BCUT2D eigenvalue weighted by molar-refractivity contribution is 5.92. The van der Waals surface area contributed by atoms with Gasteiger partial charge in [-0.05, 0) is 51.6 Å². The number of carbonyl (C=O) groups is 1. The molecule has 0 spiro atoms. The van der Waals surface area contributed by atoms with Gasteiger partial charge in [0.15, 0.2) is 0 Å². The van der Waals surface area contributed by atoms with Gasteiger partial charge < -0.3 is 10.3 Å². The molecule has 0 radical (unpaired) electrons. The van der Waals surface area contributed by atoms with E-state index in [1.54, 1.807) is 10.9 Å². The number of hydrogen-bond donors (Lipinski definition) is 2. The molecule has 2 heterocycles. The lowest BCUT2D eigenvalue weighted by Crippen LogP contribution is -2.19. The van der Waals surface area contributed by atoms with Gasteiger partial charge in [0.25, 0.3) is 5.91 Å². The van der Waals surface area contributed by atoms with E-state index in [-0.39, 0.29) is 0 Å². The lowest BCUT2D eigenvalue weighted by molar-refractivity contribution is 0.0991. The van der Waals surface area contributed by atoms with E-state index in [0.29, 0.717) is 30.2 Å². The molecule has 0 fully saturated rings. The molecule has 0 bridgehead atoms. The predicted octanol–water partition coefficient (Wildman–Crippen LogP) is 4.11. The van der Waals surface area contributed by atoms with E-state index in [0.717, 1.165) is 33.4 Å². The molecular formula is C26H23N7O. The van der Waals surface area contributed by atoms with Crippen molar-refractivity contribution in [3.8, 4) is 33.6 Å². The number of rotatable bonds is 7. The van der Waals surface area contributed by atoms with Crippen LogP contribution < -0.4 is 5.73 Å². The van der Waals surface area contributed by atoms with Gasteiger partial charge >= 0.3 is 0 Å². The van der Waals surface area contributed by atoms with E-state index in [9.17, 15) is 4.79 Å². The monoisotopic (exact) mass is 449 g/mol. The fourth-order valence-electron chi connectivity index (χ4n) is 4.14. The normalized spacial score (nSPS) is 11.0. The number of aromatic nitrogens is 6. The van der Waals surface area contributed by atoms with Gasteiger partial charge in [-0.15, -0.1) is 10.2 Å². The fraction of sp³-hybridized carbons (Fsp3) is 0.115. The Kier molecular flexibility index (Phi) is 5.70. The Morgan fingerprint density at radius 1 is 0.941 bits per heavy atom. The number of imidazole rings is 1. The van der Waals surface area contributed by atoms with Gasteiger partial charge in [-0.25, -0.2) is 4.98 Å². The van der Waals surface area contributed by atoms with Crippen molar-refractivity contribution in [2.45, 2.75) is 19.9 Å². The topological polar surface area (TPSA) is 115 Å². The van der Waals surface area contributed by atoms with Crippen LogP contribution in [0.25, 0.3) is 33.6 Å². The first-order chi connectivity index (χ1) is 16.6. The van der Waals surface area contributed by atoms with Crippen LogP contribution in [0.3, 0.4) is 0 Å². The zero-order valence-corrected chi connectivity index (χ0v) is 18.6. The minimum absolute atomic E-state index is 0.460. The Balaban J connectivity index is 1.51. The summed E-state index contributed by atoms with van der Waals surface area (Å²) in [6.07, 6.45) is 2.32. The third kappa shape index (κ3) is 4.09. The Morgan fingerprint density at radius 3 is 2.38 bits per heavy atom. The number of primary amides is 1. The van der Waals surface area contributed by atoms with Gasteiger partial charge in [-0.3, -0.25) is 4.79 Å². The molecule has 0 saturated heterocycles. The lowest BCUT2D eigenvalue weighted by atomic mass is 9.93. The second-order valence-corrected chi connectivity index (χ2v) is 7.94. The molecule has 1 amide bonds. The average molecular weight is 450 g/mol. The Bertz CT molecular complexity index is 1420. The Labute approximate surface area is 196 Å². The van der Waals surface area contributed by atoms with Crippen LogP contribution in [0.2, 0.25) is 0 Å². The third-order valence-corrected chi connectivity index (χ3v) is 5.81. The van der Waals surface area contributed by atoms with Crippen molar-refractivity contribution in [3.63, 3.8) is 0 Å². The van der Waals surface area contributed by atoms with Gasteiger partial charge in [0.05, 0.1) is 12.0 Å². The number of H-pyrrole nitrogens is 1. The van der Waals surface area contributed by atoms with E-state index in [4.69, 9.17) is 5.73 Å². The van der Waals surface area contributed by atoms with Crippen molar-refractivity contribution in [1.29, 1.82) is 0 Å². The summed E-state index contributed by atoms with van der Waals surface area (Å²) < 4.78 is 1.80. The van der Waals surface area contributed by atoms with E-state index in [1.165, 1.54) is 0 Å². The molecule has 0 atom stereocenters. The number of aromatic amines is 1. The maximum Gasteiger partial charge on any atom is 0.267 e. The molecule has 8 nitrogen and oxygen atoms in total. The van der Waals surface area contributed by atoms with Crippen molar-refractivity contribution < 1.29 is 4.79 Å². The summed E-state index contributed by atoms with van der Waals surface area (Å²) in [5.41, 5.74) is 12.9. The summed E-state index contributed by atoms with van der Waals surface area (Å²) in [5.74, 6) is 0.0729. The molecule has 168 valence electrons. The third-order valence-electron chi connectivity index (χ3n) is 5.81. The minimum atomic E-state index is -0.464. The molecule has 3 N–H and O–H groups in total. The van der Waals surface area contributed by atoms with Gasteiger partial charge in [0.1, 0.15) is 5.69 Å². The van der Waals surface area contributed by atoms with Crippen LogP contribution >= 0.6 is 0 Å². The Hall–Kier alpha value is -4.59. The van der Waals surface area contributed by atoms with Crippen molar-refractivity contribution >= 4 is 5.91 Å². The van der Waals surface area contributed by atoms with Crippen LogP contribution in [0.1, 0.15) is 28.7 Å². The molecule has 0 aliphatic heterocycles. The van der Waals surface area contributed by atoms with Gasteiger partial charge in [-0.2, -0.15) is 5.21 Å². The van der Waals surface area contributed by atoms with E-state index in [2.05, 4.69) is 62.0 Å². The highest BCUT2D eigenvalue weighted by atomic mass is 16.1. The van der Waals surface area contributed by atoms with Crippen LogP contribution in [-0.4, -0.2) is 36.1 Å². The molecule has 3 aromatic carbocycles. The summed E-state index contributed by atoms with van der Waals surface area (Å²) in [6.45, 7) is 2.46. The first-order valence-electron chi connectivity index (χ1n) is 11.0. The maximum atomic E-state index is 11.9. The maximum absolute atomic E-state index is 11.9. The average Bonchev–Trinajstić information content (AvgIpc) is 3.55. The number of carbonyl (C=O) groups excluding carboxylic acids is 1. The van der Waals surface area contributed by atoms with Crippen molar-refractivity contribution in [1.82, 2.24) is 30.2 Å². The summed E-state index contributed by atoms with van der Waals surface area (Å²) in [4.78, 5) is 16.3. The first-order valence-corrected chi connectivity index (χ1v) is 11.0. The van der Waals surface area contributed by atoms with Gasteiger partial charge in [-0.1, -0.05) is 67.6 Å². The van der Waals surface area contributed by atoms with Gasteiger partial charge in [0.2, 0.25) is 5.82 Å². The second kappa shape index (κ2) is 9.11. The SMILES string of the molecule is CCc1ncn(Cc2ccc(-c3cc(-c4ccccc4)ccc3-c3nn[nH]n3)cc2)c1C(N)=O. The number of nitrogens with two attached hydrogens (primary N) is 1. The smallest absolute Gasteiger partial charge is 0.267 e. The number of benzene rings is 3. The molecule has 0 unspecified atom stereocenters. The number of amides is 1. The molecule has 5 aromatic rings. The van der Waals surface area contributed by atoms with Crippen LogP contribution in [0, 0.1) is 0 Å². The molecule has 0 aliphatic rings. The zero-order chi connectivity index (χ0) is 23.5. The predicted molar refractivity (Wildman–Crippen MR) is 130 cm³/mol. The summed E-state index contributed by atoms with van der Waals surface area (Å²) >= 11 is 0. The van der Waals surface area contributed by atoms with Crippen molar-refractivity contribution in [2.75, 3.05) is 0 Å². The summed E-state index contributed by atoms with van der Waals surface area (Å²) in [6, 6.07) is 24.7. The minimum Gasteiger partial charge on any atom is -0.364 e. The zero-order valence-electron chi connectivity index (χ0n) is 18.6. The Morgan fingerprint density at radius 2 is 1.71 bits per heavy atom. The first kappa shape index (κ1) is 21.3. The quantitative estimate of drug-likeness (QED) is 0.388. The van der Waals surface area contributed by atoms with Gasteiger partial charge in [0, 0.05) is 12.1 Å². The fourth-order valence-corrected chi connectivity index (χ4v) is 4.14. The molecule has 0 saturated carbocycles. The van der Waals surface area contributed by atoms with E-state index >= 15 is 0 Å². The van der Waals surface area contributed by atoms with E-state index < -0.39 is 5.91 Å². The van der Waals surface area contributed by atoms with Crippen LogP contribution in [0.15, 0.2) is 79.1 Å². The molecule has 2 aromatic heterocycles. The van der Waals surface area contributed by atoms with Crippen LogP contribution in [0.4, 0.5) is 0 Å².